The molecule has 2 aromatic carbocycles. The van der Waals surface area contributed by atoms with E-state index in [9.17, 15) is 9.59 Å². The molecule has 174 valence electrons. The van der Waals surface area contributed by atoms with Crippen molar-refractivity contribution in [1.82, 2.24) is 19.7 Å². The summed E-state index contributed by atoms with van der Waals surface area (Å²) < 4.78 is 7.18. The van der Waals surface area contributed by atoms with Crippen LogP contribution in [0.3, 0.4) is 0 Å². The first-order chi connectivity index (χ1) is 17.1. The lowest BCUT2D eigenvalue weighted by Crippen LogP contribution is -2.31. The van der Waals surface area contributed by atoms with Crippen LogP contribution in [0.5, 0.6) is 5.75 Å². The van der Waals surface area contributed by atoms with Crippen molar-refractivity contribution in [1.29, 1.82) is 0 Å². The number of H-pyrrole nitrogens is 1. The Labute approximate surface area is 204 Å². The molecule has 3 aromatic heterocycles. The molecule has 0 bridgehead atoms. The summed E-state index contributed by atoms with van der Waals surface area (Å²) in [7, 11) is 0. The van der Waals surface area contributed by atoms with Crippen LogP contribution in [0.4, 0.5) is 5.82 Å². The SMILES string of the molecule is CC(Oc1ccccc1)C(=O)Nc1cc(-c2cccs2)nn1-c1nc(-c2ccccc2)cc(=O)[nH]1. The zero-order chi connectivity index (χ0) is 24.2. The molecule has 9 heteroatoms. The van der Waals surface area contributed by atoms with Crippen molar-refractivity contribution in [2.45, 2.75) is 13.0 Å². The van der Waals surface area contributed by atoms with Gasteiger partial charge in [0.15, 0.2) is 6.10 Å². The Kier molecular flexibility index (Phi) is 6.23. The van der Waals surface area contributed by atoms with Gasteiger partial charge in [-0.2, -0.15) is 9.78 Å². The summed E-state index contributed by atoms with van der Waals surface area (Å²) in [5.74, 6) is 0.764. The van der Waals surface area contributed by atoms with Gasteiger partial charge in [-0.25, -0.2) is 4.98 Å². The monoisotopic (exact) mass is 483 g/mol. The van der Waals surface area contributed by atoms with Gasteiger partial charge in [-0.1, -0.05) is 54.6 Å². The molecule has 2 N–H and O–H groups in total. The normalized spacial score (nSPS) is 11.7. The number of thiophene rings is 1. The van der Waals surface area contributed by atoms with E-state index in [2.05, 4.69) is 20.4 Å². The number of amides is 1. The Hall–Kier alpha value is -4.50. The molecule has 0 saturated carbocycles. The number of aromatic amines is 1. The van der Waals surface area contributed by atoms with E-state index < -0.39 is 6.10 Å². The maximum absolute atomic E-state index is 13.0. The first-order valence-electron chi connectivity index (χ1n) is 10.9. The van der Waals surface area contributed by atoms with Crippen LogP contribution in [0.2, 0.25) is 0 Å². The molecule has 0 aliphatic carbocycles. The number of rotatable bonds is 7. The molecular formula is C26H21N5O3S. The van der Waals surface area contributed by atoms with Gasteiger partial charge in [0.2, 0.25) is 5.95 Å². The zero-order valence-electron chi connectivity index (χ0n) is 18.7. The molecule has 3 heterocycles. The van der Waals surface area contributed by atoms with Crippen molar-refractivity contribution < 1.29 is 9.53 Å². The Morgan fingerprint density at radius 2 is 1.74 bits per heavy atom. The van der Waals surface area contributed by atoms with Gasteiger partial charge in [-0.15, -0.1) is 11.3 Å². The fourth-order valence-corrected chi connectivity index (χ4v) is 4.14. The first kappa shape index (κ1) is 22.3. The van der Waals surface area contributed by atoms with Crippen LogP contribution in [-0.4, -0.2) is 31.8 Å². The average molecular weight is 484 g/mol. The van der Waals surface area contributed by atoms with E-state index in [1.807, 2.05) is 66.0 Å². The molecule has 0 radical (unpaired) electrons. The third-order valence-corrected chi connectivity index (χ3v) is 6.05. The smallest absolute Gasteiger partial charge is 0.266 e. The fraction of sp³-hybridized carbons (Fsp3) is 0.0769. The van der Waals surface area contributed by atoms with Crippen LogP contribution < -0.4 is 15.6 Å². The molecule has 0 aliphatic heterocycles. The number of nitrogens with one attached hydrogen (secondary N) is 2. The van der Waals surface area contributed by atoms with Crippen LogP contribution >= 0.6 is 11.3 Å². The summed E-state index contributed by atoms with van der Waals surface area (Å²) in [5.41, 5.74) is 1.59. The molecule has 5 rings (SSSR count). The summed E-state index contributed by atoms with van der Waals surface area (Å²) in [6, 6.07) is 25.5. The lowest BCUT2D eigenvalue weighted by molar-refractivity contribution is -0.122. The molecule has 1 atom stereocenters. The molecule has 8 nitrogen and oxygen atoms in total. The van der Waals surface area contributed by atoms with E-state index in [1.54, 1.807) is 25.1 Å². The lowest BCUT2D eigenvalue weighted by atomic mass is 10.1. The van der Waals surface area contributed by atoms with Gasteiger partial charge in [-0.3, -0.25) is 14.6 Å². The fourth-order valence-electron chi connectivity index (χ4n) is 3.46. The maximum Gasteiger partial charge on any atom is 0.266 e. The minimum absolute atomic E-state index is 0.186. The van der Waals surface area contributed by atoms with Crippen LogP contribution in [0.25, 0.3) is 27.8 Å². The topological polar surface area (TPSA) is 102 Å². The number of benzene rings is 2. The Morgan fingerprint density at radius 3 is 2.46 bits per heavy atom. The van der Waals surface area contributed by atoms with Gasteiger partial charge in [0.1, 0.15) is 17.3 Å². The van der Waals surface area contributed by atoms with Crippen molar-refractivity contribution in [3.8, 4) is 33.5 Å². The summed E-state index contributed by atoms with van der Waals surface area (Å²) in [6.45, 7) is 1.67. The molecule has 0 saturated heterocycles. The first-order valence-corrected chi connectivity index (χ1v) is 11.8. The number of carbonyl (C=O) groups excluding carboxylic acids is 1. The number of ether oxygens (including phenoxy) is 1. The number of aromatic nitrogens is 4. The molecule has 0 aliphatic rings. The second-order valence-electron chi connectivity index (χ2n) is 7.69. The summed E-state index contributed by atoms with van der Waals surface area (Å²) in [4.78, 5) is 33.7. The third-order valence-electron chi connectivity index (χ3n) is 5.16. The van der Waals surface area contributed by atoms with Crippen molar-refractivity contribution in [3.05, 3.63) is 101 Å². The van der Waals surface area contributed by atoms with Gasteiger partial charge < -0.3 is 10.1 Å². The average Bonchev–Trinajstić information content (AvgIpc) is 3.55. The van der Waals surface area contributed by atoms with Gasteiger partial charge in [0.05, 0.1) is 10.6 Å². The lowest BCUT2D eigenvalue weighted by Gasteiger charge is -2.15. The van der Waals surface area contributed by atoms with Crippen LogP contribution in [-0.2, 0) is 4.79 Å². The molecule has 1 amide bonds. The molecule has 5 aromatic rings. The zero-order valence-corrected chi connectivity index (χ0v) is 19.5. The van der Waals surface area contributed by atoms with E-state index >= 15 is 0 Å². The number of para-hydroxylation sites is 1. The summed E-state index contributed by atoms with van der Waals surface area (Å²) >= 11 is 1.52. The second kappa shape index (κ2) is 9.78. The Morgan fingerprint density at radius 1 is 1.00 bits per heavy atom. The van der Waals surface area contributed by atoms with E-state index in [-0.39, 0.29) is 17.4 Å². The predicted octanol–water partition coefficient (Wildman–Crippen LogP) is 4.76. The van der Waals surface area contributed by atoms with Gasteiger partial charge >= 0.3 is 0 Å². The predicted molar refractivity (Wildman–Crippen MR) is 136 cm³/mol. The highest BCUT2D eigenvalue weighted by Gasteiger charge is 2.20. The van der Waals surface area contributed by atoms with E-state index in [0.29, 0.717) is 23.0 Å². The van der Waals surface area contributed by atoms with E-state index in [0.717, 1.165) is 10.4 Å². The van der Waals surface area contributed by atoms with Gasteiger partial charge in [0, 0.05) is 17.7 Å². The number of nitrogens with zero attached hydrogens (tertiary/aromatic N) is 3. The summed E-state index contributed by atoms with van der Waals surface area (Å²) in [5, 5.41) is 9.45. The van der Waals surface area contributed by atoms with Crippen LogP contribution in [0.1, 0.15) is 6.92 Å². The van der Waals surface area contributed by atoms with E-state index in [1.165, 1.54) is 22.1 Å². The second-order valence-corrected chi connectivity index (χ2v) is 8.63. The molecule has 0 fully saturated rings. The van der Waals surface area contributed by atoms with Crippen molar-refractivity contribution in [3.63, 3.8) is 0 Å². The highest BCUT2D eigenvalue weighted by Crippen LogP contribution is 2.28. The number of carbonyl (C=O) groups is 1. The summed E-state index contributed by atoms with van der Waals surface area (Å²) in [6.07, 6.45) is -0.770. The standard InChI is InChI=1S/C26H21N5O3S/c1-17(34-19-11-6-3-7-12-19)25(33)28-23-15-21(22-13-8-14-35-22)30-31(23)26-27-20(16-24(32)29-26)18-9-4-2-5-10-18/h2-17H,1H3,(H,28,33)(H,27,29,32). The van der Waals surface area contributed by atoms with Crippen LogP contribution in [0, 0.1) is 0 Å². The Balaban J connectivity index is 1.51. The number of anilines is 1. The Bertz CT molecular complexity index is 1500. The van der Waals surface area contributed by atoms with Crippen molar-refractivity contribution >= 4 is 23.1 Å². The molecule has 0 spiro atoms. The minimum Gasteiger partial charge on any atom is -0.481 e. The molecular weight excluding hydrogens is 462 g/mol. The highest BCUT2D eigenvalue weighted by molar-refractivity contribution is 7.13. The quantitative estimate of drug-likeness (QED) is 0.348. The maximum atomic E-state index is 13.0. The third kappa shape index (κ3) is 5.04. The number of hydrogen-bond acceptors (Lipinski definition) is 6. The van der Waals surface area contributed by atoms with Crippen LogP contribution in [0.15, 0.2) is 95.1 Å². The van der Waals surface area contributed by atoms with Gasteiger partial charge in [0.25, 0.3) is 11.5 Å². The van der Waals surface area contributed by atoms with Crippen molar-refractivity contribution in [2.75, 3.05) is 5.32 Å². The number of hydrogen-bond donors (Lipinski definition) is 2. The highest BCUT2D eigenvalue weighted by atomic mass is 32.1. The minimum atomic E-state index is -0.770. The molecule has 35 heavy (non-hydrogen) atoms. The largest absolute Gasteiger partial charge is 0.481 e. The molecule has 1 unspecified atom stereocenters. The van der Waals surface area contributed by atoms with Crippen molar-refractivity contribution in [2.24, 2.45) is 0 Å². The van der Waals surface area contributed by atoms with E-state index in [4.69, 9.17) is 4.74 Å². The van der Waals surface area contributed by atoms with Gasteiger partial charge in [-0.05, 0) is 30.5 Å².